The molecule has 66 heavy (non-hydrogen) atoms. The standard InChI is InChI=1S/C48H57NO17/c1-12-64-46(51)19-28(31-15-27(26-50)38(56-4)22-39(31)57-5)32-16-33(41(59-7)23-40(32)58-6)29(20-47(52)65-13-2)34-17-35(43(61-9)24-42(34)60-8)30(21-48(53)66-14-3)36-18-37(49(54)55)45(63-11)25-44(36)62-10/h15-18,22-26,28-30H,12-14,19-21H2,1-11H3. The second-order valence-electron chi connectivity index (χ2n) is 14.3. The first kappa shape index (κ1) is 51.4. The number of ether oxygens (including phenoxy) is 11. The van der Waals surface area contributed by atoms with Gasteiger partial charge in [-0.1, -0.05) is 0 Å². The molecule has 0 amide bonds. The zero-order valence-electron chi connectivity index (χ0n) is 39.1. The minimum atomic E-state index is -1.02. The van der Waals surface area contributed by atoms with Crippen LogP contribution in [-0.4, -0.2) is 106 Å². The molecule has 0 fully saturated rings. The third-order valence-electron chi connectivity index (χ3n) is 10.9. The molecule has 0 aliphatic carbocycles. The van der Waals surface area contributed by atoms with Crippen molar-refractivity contribution in [3.05, 3.63) is 97.6 Å². The van der Waals surface area contributed by atoms with Gasteiger partial charge in [0.05, 0.1) is 106 Å². The van der Waals surface area contributed by atoms with Crippen molar-refractivity contribution < 1.29 is 76.2 Å². The molecule has 0 bridgehead atoms. The molecule has 0 heterocycles. The van der Waals surface area contributed by atoms with Crippen molar-refractivity contribution in [3.8, 4) is 46.0 Å². The molecule has 0 spiro atoms. The molecule has 0 saturated heterocycles. The Morgan fingerprint density at radius 3 is 1.00 bits per heavy atom. The molecule has 4 aromatic carbocycles. The van der Waals surface area contributed by atoms with E-state index in [1.807, 2.05) is 0 Å². The van der Waals surface area contributed by atoms with Crippen molar-refractivity contribution in [2.45, 2.75) is 57.8 Å². The second-order valence-corrected chi connectivity index (χ2v) is 14.3. The van der Waals surface area contributed by atoms with Crippen molar-refractivity contribution in [2.24, 2.45) is 0 Å². The van der Waals surface area contributed by atoms with Crippen molar-refractivity contribution in [1.82, 2.24) is 0 Å². The highest BCUT2D eigenvalue weighted by Gasteiger charge is 2.35. The van der Waals surface area contributed by atoms with Crippen LogP contribution in [-0.2, 0) is 28.6 Å². The Hall–Kier alpha value is -7.24. The van der Waals surface area contributed by atoms with E-state index in [-0.39, 0.29) is 96.2 Å². The molecule has 0 N–H and O–H groups in total. The monoisotopic (exact) mass is 919 g/mol. The summed E-state index contributed by atoms with van der Waals surface area (Å²) in [5, 5.41) is 12.4. The molecule has 18 heteroatoms. The van der Waals surface area contributed by atoms with Gasteiger partial charge in [0.25, 0.3) is 0 Å². The van der Waals surface area contributed by atoms with Crippen LogP contribution in [0.1, 0.15) is 102 Å². The van der Waals surface area contributed by atoms with Gasteiger partial charge < -0.3 is 52.1 Å². The summed E-state index contributed by atoms with van der Waals surface area (Å²) in [6.07, 6.45) is -0.267. The molecule has 0 aromatic heterocycles. The number of methoxy groups -OCH3 is 8. The van der Waals surface area contributed by atoms with Crippen LogP contribution in [0.5, 0.6) is 46.0 Å². The summed E-state index contributed by atoms with van der Waals surface area (Å²) < 4.78 is 62.6. The largest absolute Gasteiger partial charge is 0.496 e. The smallest absolute Gasteiger partial charge is 0.311 e. The van der Waals surface area contributed by atoms with Crippen LogP contribution in [0.4, 0.5) is 5.69 Å². The number of nitro benzene ring substituents is 1. The first-order valence-electron chi connectivity index (χ1n) is 20.9. The van der Waals surface area contributed by atoms with Gasteiger partial charge in [-0.15, -0.1) is 0 Å². The van der Waals surface area contributed by atoms with E-state index in [1.165, 1.54) is 69.0 Å². The summed E-state index contributed by atoms with van der Waals surface area (Å²) in [6, 6.07) is 12.3. The Morgan fingerprint density at radius 2 is 0.727 bits per heavy atom. The second kappa shape index (κ2) is 24.2. The summed E-state index contributed by atoms with van der Waals surface area (Å²) in [5.74, 6) is -3.11. The Balaban J connectivity index is 2.20. The molecule has 0 aliphatic rings. The zero-order valence-corrected chi connectivity index (χ0v) is 39.1. The topological polar surface area (TPSA) is 213 Å². The van der Waals surface area contributed by atoms with Crippen LogP contribution in [0.25, 0.3) is 0 Å². The summed E-state index contributed by atoms with van der Waals surface area (Å²) in [7, 11) is 11.2. The molecule has 3 unspecified atom stereocenters. The normalized spacial score (nSPS) is 12.1. The van der Waals surface area contributed by atoms with Crippen LogP contribution >= 0.6 is 0 Å². The van der Waals surface area contributed by atoms with Crippen LogP contribution in [0.3, 0.4) is 0 Å². The van der Waals surface area contributed by atoms with Crippen molar-refractivity contribution in [1.29, 1.82) is 0 Å². The number of hydrogen-bond acceptors (Lipinski definition) is 17. The lowest BCUT2D eigenvalue weighted by Gasteiger charge is -2.28. The fourth-order valence-corrected chi connectivity index (χ4v) is 7.94. The van der Waals surface area contributed by atoms with Gasteiger partial charge in [0.1, 0.15) is 40.2 Å². The lowest BCUT2D eigenvalue weighted by molar-refractivity contribution is -0.385. The molecule has 4 aromatic rings. The van der Waals surface area contributed by atoms with E-state index < -0.39 is 46.3 Å². The maximum atomic E-state index is 13.8. The van der Waals surface area contributed by atoms with E-state index in [0.717, 1.165) is 0 Å². The lowest BCUT2D eigenvalue weighted by Crippen LogP contribution is -2.18. The Bertz CT molecular complexity index is 2380. The van der Waals surface area contributed by atoms with Crippen LogP contribution in [0, 0.1) is 10.1 Å². The van der Waals surface area contributed by atoms with Crippen molar-refractivity contribution >= 4 is 29.9 Å². The van der Waals surface area contributed by atoms with Gasteiger partial charge in [0.15, 0.2) is 6.29 Å². The highest BCUT2D eigenvalue weighted by molar-refractivity contribution is 5.82. The fourth-order valence-electron chi connectivity index (χ4n) is 7.94. The highest BCUT2D eigenvalue weighted by Crippen LogP contribution is 2.50. The van der Waals surface area contributed by atoms with Gasteiger partial charge in [-0.25, -0.2) is 0 Å². The first-order valence-corrected chi connectivity index (χ1v) is 20.9. The maximum Gasteiger partial charge on any atom is 0.311 e. The average molecular weight is 920 g/mol. The molecule has 18 nitrogen and oxygen atoms in total. The van der Waals surface area contributed by atoms with Gasteiger partial charge in [0, 0.05) is 81.5 Å². The van der Waals surface area contributed by atoms with Gasteiger partial charge in [-0.05, 0) is 39.0 Å². The lowest BCUT2D eigenvalue weighted by atomic mass is 9.79. The molecule has 0 radical (unpaired) electrons. The van der Waals surface area contributed by atoms with Crippen LogP contribution < -0.4 is 37.9 Å². The number of carbonyl (C=O) groups is 4. The third-order valence-corrected chi connectivity index (χ3v) is 10.9. The zero-order chi connectivity index (χ0) is 48.7. The van der Waals surface area contributed by atoms with E-state index in [1.54, 1.807) is 57.2 Å². The summed E-state index contributed by atoms with van der Waals surface area (Å²) in [4.78, 5) is 64.9. The molecule has 3 atom stereocenters. The van der Waals surface area contributed by atoms with Crippen LogP contribution in [0.15, 0.2) is 48.5 Å². The number of rotatable bonds is 25. The predicted molar refractivity (Wildman–Crippen MR) is 240 cm³/mol. The molecule has 4 rings (SSSR count). The molecule has 356 valence electrons. The minimum Gasteiger partial charge on any atom is -0.496 e. The maximum absolute atomic E-state index is 13.8. The van der Waals surface area contributed by atoms with Gasteiger partial charge in [0.2, 0.25) is 5.75 Å². The van der Waals surface area contributed by atoms with E-state index in [2.05, 4.69) is 0 Å². The highest BCUT2D eigenvalue weighted by atomic mass is 16.6. The van der Waals surface area contributed by atoms with Crippen LogP contribution in [0.2, 0.25) is 0 Å². The predicted octanol–water partition coefficient (Wildman–Crippen LogP) is 7.73. The fraction of sp³-hybridized carbons (Fsp3) is 0.417. The number of benzene rings is 4. The average Bonchev–Trinajstić information content (AvgIpc) is 3.32. The summed E-state index contributed by atoms with van der Waals surface area (Å²) >= 11 is 0. The Labute approximate surface area is 383 Å². The first-order chi connectivity index (χ1) is 31.8. The van der Waals surface area contributed by atoms with Gasteiger partial charge in [-0.3, -0.25) is 29.3 Å². The number of nitro groups is 1. The number of nitrogens with zero attached hydrogens (tertiary/aromatic N) is 1. The number of esters is 3. The van der Waals surface area contributed by atoms with E-state index in [0.29, 0.717) is 34.1 Å². The number of aldehydes is 1. The quantitative estimate of drug-likeness (QED) is 0.0204. The van der Waals surface area contributed by atoms with E-state index in [4.69, 9.17) is 52.1 Å². The molecular weight excluding hydrogens is 863 g/mol. The minimum absolute atomic E-state index is 0.0493. The Kier molecular flexibility index (Phi) is 18.8. The van der Waals surface area contributed by atoms with E-state index >= 15 is 0 Å². The molecule has 0 aliphatic heterocycles. The number of hydrogen-bond donors (Lipinski definition) is 0. The summed E-state index contributed by atoms with van der Waals surface area (Å²) in [5.41, 5.74) is 1.95. The van der Waals surface area contributed by atoms with E-state index in [9.17, 15) is 29.3 Å². The van der Waals surface area contributed by atoms with Gasteiger partial charge in [-0.2, -0.15) is 0 Å². The van der Waals surface area contributed by atoms with Crippen molar-refractivity contribution in [2.75, 3.05) is 76.7 Å². The summed E-state index contributed by atoms with van der Waals surface area (Å²) in [6.45, 7) is 5.19. The van der Waals surface area contributed by atoms with Gasteiger partial charge >= 0.3 is 23.6 Å². The molecular formula is C48H57NO17. The number of carbonyl (C=O) groups excluding carboxylic acids is 4. The third kappa shape index (κ3) is 11.5. The Morgan fingerprint density at radius 1 is 0.455 bits per heavy atom. The SMILES string of the molecule is CCOC(=O)CC(c1cc(C=O)c(OC)cc1OC)c1cc(C(CC(=O)OCC)c2cc(C(CC(=O)OCC)c3cc([N+](=O)[O-])c(OC)cc3OC)c(OC)cc2OC)c(OC)cc1OC. The van der Waals surface area contributed by atoms with Crippen molar-refractivity contribution in [3.63, 3.8) is 0 Å². The molecule has 0 saturated carbocycles.